The molecule has 1 aromatic carbocycles. The molecule has 0 bridgehead atoms. The molecule has 0 aliphatic carbocycles. The zero-order chi connectivity index (χ0) is 9.10. The van der Waals surface area contributed by atoms with Crippen LogP contribution >= 0.6 is 0 Å². The summed E-state index contributed by atoms with van der Waals surface area (Å²) in [5.74, 6) is 0. The third-order valence-electron chi connectivity index (χ3n) is 1.79. The highest BCUT2D eigenvalue weighted by atomic mass is 14.8. The third kappa shape index (κ3) is 1.72. The van der Waals surface area contributed by atoms with Crippen molar-refractivity contribution < 1.29 is 0 Å². The zero-order valence-corrected chi connectivity index (χ0v) is 7.36. The lowest BCUT2D eigenvalue weighted by molar-refractivity contribution is 1.11. The third-order valence-corrected chi connectivity index (χ3v) is 1.79. The number of hydrogen-bond acceptors (Lipinski definition) is 2. The number of benzene rings is 1. The van der Waals surface area contributed by atoms with Gasteiger partial charge in [0.1, 0.15) is 6.20 Å². The van der Waals surface area contributed by atoms with Crippen LogP contribution < -0.4 is 0 Å². The van der Waals surface area contributed by atoms with Crippen LogP contribution in [-0.4, -0.2) is 9.97 Å². The van der Waals surface area contributed by atoms with Crippen LogP contribution in [0.2, 0.25) is 0 Å². The molecule has 0 amide bonds. The predicted octanol–water partition coefficient (Wildman–Crippen LogP) is 2.25. The van der Waals surface area contributed by atoms with Gasteiger partial charge in [0, 0.05) is 5.56 Å². The fourth-order valence-electron chi connectivity index (χ4n) is 1.10. The first-order chi connectivity index (χ1) is 6.36. The Kier molecular flexibility index (Phi) is 2.04. The second-order valence-corrected chi connectivity index (χ2v) is 2.82. The fourth-order valence-corrected chi connectivity index (χ4v) is 1.10. The number of hydrogen-bond donors (Lipinski definition) is 0. The van der Waals surface area contributed by atoms with E-state index in [0.29, 0.717) is 0 Å². The molecule has 1 heterocycles. The summed E-state index contributed by atoms with van der Waals surface area (Å²) in [6.45, 7) is 1.88. The molecule has 63 valence electrons. The fraction of sp³-hybridized carbons (Fsp3) is 0.0909. The Morgan fingerprint density at radius 1 is 1.15 bits per heavy atom. The molecule has 2 aromatic rings. The molecule has 2 heteroatoms. The van der Waals surface area contributed by atoms with Crippen molar-refractivity contribution in [1.82, 2.24) is 9.97 Å². The van der Waals surface area contributed by atoms with Gasteiger partial charge in [0.2, 0.25) is 0 Å². The lowest BCUT2D eigenvalue weighted by atomic mass is 10.2. The Labute approximate surface area is 77.3 Å². The van der Waals surface area contributed by atoms with Gasteiger partial charge in [-0.2, -0.15) is 0 Å². The van der Waals surface area contributed by atoms with Crippen LogP contribution in [0.1, 0.15) is 5.69 Å². The van der Waals surface area contributed by atoms with Crippen LogP contribution in [0.5, 0.6) is 0 Å². The molecule has 13 heavy (non-hydrogen) atoms. The van der Waals surface area contributed by atoms with E-state index < -0.39 is 0 Å². The monoisotopic (exact) mass is 169 g/mol. The summed E-state index contributed by atoms with van der Waals surface area (Å²) in [5, 5.41) is 0. The Morgan fingerprint density at radius 2 is 1.92 bits per heavy atom. The maximum absolute atomic E-state index is 4.16. The van der Waals surface area contributed by atoms with Gasteiger partial charge in [-0.1, -0.05) is 30.3 Å². The molecular weight excluding hydrogens is 160 g/mol. The Bertz CT molecular complexity index is 379. The summed E-state index contributed by atoms with van der Waals surface area (Å²) in [5.41, 5.74) is 2.76. The van der Waals surface area contributed by atoms with Crippen molar-refractivity contribution in [1.29, 1.82) is 0 Å². The molecule has 1 radical (unpaired) electrons. The van der Waals surface area contributed by atoms with Crippen LogP contribution in [0.3, 0.4) is 0 Å². The average molecular weight is 169 g/mol. The van der Waals surface area contributed by atoms with Gasteiger partial charge in [0.25, 0.3) is 0 Å². The van der Waals surface area contributed by atoms with Crippen LogP contribution in [-0.2, 0) is 0 Å². The van der Waals surface area contributed by atoms with E-state index in [1.165, 1.54) is 0 Å². The zero-order valence-electron chi connectivity index (χ0n) is 7.36. The maximum Gasteiger partial charge on any atom is 0.112 e. The van der Waals surface area contributed by atoms with E-state index in [9.17, 15) is 0 Å². The summed E-state index contributed by atoms with van der Waals surface area (Å²) in [6.07, 6.45) is 4.60. The first kappa shape index (κ1) is 7.92. The van der Waals surface area contributed by atoms with Gasteiger partial charge in [-0.05, 0) is 6.92 Å². The van der Waals surface area contributed by atoms with E-state index in [1.54, 1.807) is 6.20 Å². The van der Waals surface area contributed by atoms with Gasteiger partial charge in [-0.25, -0.2) is 4.98 Å². The Hall–Kier alpha value is -1.70. The molecule has 0 fully saturated rings. The van der Waals surface area contributed by atoms with E-state index >= 15 is 0 Å². The largest absolute Gasteiger partial charge is 0.257 e. The molecule has 0 N–H and O–H groups in total. The van der Waals surface area contributed by atoms with Gasteiger partial charge < -0.3 is 0 Å². The maximum atomic E-state index is 4.16. The van der Waals surface area contributed by atoms with Gasteiger partial charge in [0.05, 0.1) is 17.6 Å². The van der Waals surface area contributed by atoms with Crippen molar-refractivity contribution in [3.05, 3.63) is 48.4 Å². The van der Waals surface area contributed by atoms with E-state index in [0.717, 1.165) is 17.0 Å². The summed E-state index contributed by atoms with van der Waals surface area (Å²) in [7, 11) is 0. The number of nitrogens with zero attached hydrogens (tertiary/aromatic N) is 2. The van der Waals surface area contributed by atoms with E-state index in [-0.39, 0.29) is 0 Å². The molecule has 0 saturated carbocycles. The molecule has 2 nitrogen and oxygen atoms in total. The molecule has 0 saturated heterocycles. The lowest BCUT2D eigenvalue weighted by Crippen LogP contribution is -1.87. The molecule has 0 unspecified atom stereocenters. The van der Waals surface area contributed by atoms with Crippen molar-refractivity contribution in [2.75, 3.05) is 0 Å². The van der Waals surface area contributed by atoms with E-state index in [4.69, 9.17) is 0 Å². The standard InChI is InChI=1S/C11H9N2/c1-9-7-13-11(8-12-9)10-5-3-2-4-6-10/h2-6,8H,1H3. The normalized spacial score (nSPS) is 9.92. The average Bonchev–Trinajstić information content (AvgIpc) is 2.20. The molecular formula is C11H9N2. The summed E-state index contributed by atoms with van der Waals surface area (Å²) in [4.78, 5) is 8.30. The number of aryl methyl sites for hydroxylation is 1. The summed E-state index contributed by atoms with van der Waals surface area (Å²) in [6, 6.07) is 9.96. The van der Waals surface area contributed by atoms with Gasteiger partial charge in [0.15, 0.2) is 0 Å². The van der Waals surface area contributed by atoms with Gasteiger partial charge in [-0.15, -0.1) is 0 Å². The van der Waals surface area contributed by atoms with Crippen molar-refractivity contribution in [3.8, 4) is 11.3 Å². The topological polar surface area (TPSA) is 25.8 Å². The minimum Gasteiger partial charge on any atom is -0.257 e. The van der Waals surface area contributed by atoms with Crippen molar-refractivity contribution in [3.63, 3.8) is 0 Å². The van der Waals surface area contributed by atoms with E-state index in [2.05, 4.69) is 16.2 Å². The highest BCUT2D eigenvalue weighted by Crippen LogP contribution is 2.13. The highest BCUT2D eigenvalue weighted by Gasteiger charge is 1.97. The number of rotatable bonds is 1. The van der Waals surface area contributed by atoms with Gasteiger partial charge >= 0.3 is 0 Å². The molecule has 0 atom stereocenters. The Balaban J connectivity index is 2.42. The minimum atomic E-state index is 0.819. The molecule has 1 aromatic heterocycles. The van der Waals surface area contributed by atoms with Crippen LogP contribution in [0.15, 0.2) is 36.5 Å². The lowest BCUT2D eigenvalue weighted by Gasteiger charge is -1.98. The quantitative estimate of drug-likeness (QED) is 0.654. The minimum absolute atomic E-state index is 0.819. The first-order valence-electron chi connectivity index (χ1n) is 4.13. The molecule has 2 rings (SSSR count). The van der Waals surface area contributed by atoms with Gasteiger partial charge in [-0.3, -0.25) is 4.98 Å². The predicted molar refractivity (Wildman–Crippen MR) is 51.0 cm³/mol. The van der Waals surface area contributed by atoms with Crippen molar-refractivity contribution >= 4 is 0 Å². The molecule has 0 spiro atoms. The van der Waals surface area contributed by atoms with Crippen LogP contribution in [0.25, 0.3) is 11.3 Å². The van der Waals surface area contributed by atoms with Crippen molar-refractivity contribution in [2.45, 2.75) is 6.92 Å². The van der Waals surface area contributed by atoms with Crippen molar-refractivity contribution in [2.24, 2.45) is 0 Å². The van der Waals surface area contributed by atoms with Crippen LogP contribution in [0.4, 0.5) is 0 Å². The molecule has 0 aliphatic rings. The van der Waals surface area contributed by atoms with E-state index in [1.807, 2.05) is 37.3 Å². The second-order valence-electron chi connectivity index (χ2n) is 2.82. The highest BCUT2D eigenvalue weighted by molar-refractivity contribution is 5.57. The number of aromatic nitrogens is 2. The first-order valence-corrected chi connectivity index (χ1v) is 4.13. The summed E-state index contributed by atoms with van der Waals surface area (Å²) >= 11 is 0. The molecule has 0 aliphatic heterocycles. The SMILES string of the molecule is Cc1[c]nc(-c2ccccc2)cn1. The Morgan fingerprint density at radius 3 is 2.54 bits per heavy atom. The summed E-state index contributed by atoms with van der Waals surface area (Å²) < 4.78 is 0. The van der Waals surface area contributed by atoms with Crippen LogP contribution in [0, 0.1) is 13.1 Å². The smallest absolute Gasteiger partial charge is 0.112 e. The second kappa shape index (κ2) is 3.35.